The maximum absolute atomic E-state index is 3.70. The summed E-state index contributed by atoms with van der Waals surface area (Å²) < 4.78 is 5.42. The van der Waals surface area contributed by atoms with Crippen molar-refractivity contribution in [2.24, 2.45) is 7.05 Å². The predicted octanol–water partition coefficient (Wildman–Crippen LogP) is -0.329. The molecule has 0 aliphatic carbocycles. The normalized spacial score (nSPS) is 9.43. The molecule has 38 valence electrons. The average Bonchev–Trinajstić information content (AvgIpc) is 1.91. The first-order valence-corrected chi connectivity index (χ1v) is 2.73. The quantitative estimate of drug-likeness (QED) is 0.434. The summed E-state index contributed by atoms with van der Waals surface area (Å²) in [6.07, 6.45) is 0. The molecule has 0 amide bonds. The monoisotopic (exact) mass is 116 g/mol. The average molecular weight is 116 g/mol. The molecule has 0 atom stereocenters. The fourth-order valence-corrected chi connectivity index (χ4v) is 0.673. The molecule has 1 heterocycles. The van der Waals surface area contributed by atoms with E-state index in [9.17, 15) is 0 Å². The smallest absolute Gasteiger partial charge is 0.123 e. The highest BCUT2D eigenvalue weighted by molar-refractivity contribution is 7.04. The van der Waals surface area contributed by atoms with Gasteiger partial charge in [0.1, 0.15) is 11.5 Å². The number of hydrogen-bond donors (Lipinski definition) is 0. The lowest BCUT2D eigenvalue weighted by molar-refractivity contribution is -0.734. The Morgan fingerprint density at radius 2 is 2.43 bits per heavy atom. The van der Waals surface area contributed by atoms with Crippen LogP contribution >= 0.6 is 11.5 Å². The molecule has 0 bridgehead atoms. The van der Waals surface area contributed by atoms with Gasteiger partial charge in [0.2, 0.25) is 5.01 Å². The number of nitrogens with zero attached hydrogens (tertiary/aromatic N) is 3. The molecule has 0 fully saturated rings. The first-order chi connectivity index (χ1) is 3.30. The lowest BCUT2D eigenvalue weighted by Crippen LogP contribution is -2.32. The van der Waals surface area contributed by atoms with E-state index in [0.29, 0.717) is 0 Å². The zero-order valence-electron chi connectivity index (χ0n) is 4.25. The fourth-order valence-electron chi connectivity index (χ4n) is 0.254. The molecule has 0 aliphatic rings. The zero-order valence-corrected chi connectivity index (χ0v) is 5.07. The van der Waals surface area contributed by atoms with Crippen molar-refractivity contribution in [1.82, 2.24) is 9.70 Å². The lowest BCUT2D eigenvalue weighted by Gasteiger charge is -1.71. The van der Waals surface area contributed by atoms with E-state index in [1.165, 1.54) is 11.5 Å². The van der Waals surface area contributed by atoms with Gasteiger partial charge in [-0.25, -0.2) is 0 Å². The van der Waals surface area contributed by atoms with Crippen LogP contribution < -0.4 is 4.68 Å². The summed E-state index contributed by atoms with van der Waals surface area (Å²) in [6, 6.07) is 0. The van der Waals surface area contributed by atoms with Crippen molar-refractivity contribution in [3.05, 3.63) is 5.01 Å². The number of aromatic nitrogens is 3. The molecule has 4 heteroatoms. The molecule has 0 radical (unpaired) electrons. The summed E-state index contributed by atoms with van der Waals surface area (Å²) in [5.74, 6) is 0. The summed E-state index contributed by atoms with van der Waals surface area (Å²) in [5, 5.41) is 4.83. The third-order valence-corrected chi connectivity index (χ3v) is 1.48. The number of rotatable bonds is 0. The largest absolute Gasteiger partial charge is 0.221 e. The predicted molar refractivity (Wildman–Crippen MR) is 25.8 cm³/mol. The molecule has 0 saturated carbocycles. The maximum Gasteiger partial charge on any atom is 0.221 e. The number of hydrogen-bond acceptors (Lipinski definition) is 3. The Bertz CT molecular complexity index is 142. The second-order valence-corrected chi connectivity index (χ2v) is 2.24. The minimum atomic E-state index is 1.13. The van der Waals surface area contributed by atoms with Gasteiger partial charge in [0.25, 0.3) is 0 Å². The Morgan fingerprint density at radius 3 is 2.57 bits per heavy atom. The molecule has 0 N–H and O–H groups in total. The summed E-state index contributed by atoms with van der Waals surface area (Å²) in [4.78, 5) is 0. The van der Waals surface area contributed by atoms with Crippen LogP contribution in [0.1, 0.15) is 5.01 Å². The van der Waals surface area contributed by atoms with Gasteiger partial charge >= 0.3 is 0 Å². The van der Waals surface area contributed by atoms with Crippen LogP contribution in [0, 0.1) is 6.92 Å². The van der Waals surface area contributed by atoms with Gasteiger partial charge in [-0.05, 0) is 0 Å². The van der Waals surface area contributed by atoms with Gasteiger partial charge in [-0.3, -0.25) is 0 Å². The minimum Gasteiger partial charge on any atom is -0.123 e. The van der Waals surface area contributed by atoms with E-state index in [1.54, 1.807) is 4.68 Å². The second kappa shape index (κ2) is 1.54. The van der Waals surface area contributed by atoms with Crippen molar-refractivity contribution in [2.45, 2.75) is 6.92 Å². The van der Waals surface area contributed by atoms with Crippen LogP contribution in [0.25, 0.3) is 0 Å². The number of aryl methyl sites for hydroxylation is 2. The van der Waals surface area contributed by atoms with Crippen LogP contribution in [0.5, 0.6) is 0 Å². The summed E-state index contributed by atoms with van der Waals surface area (Å²) in [5.41, 5.74) is 0. The molecule has 3 nitrogen and oxygen atoms in total. The van der Waals surface area contributed by atoms with Crippen molar-refractivity contribution in [1.29, 1.82) is 0 Å². The van der Waals surface area contributed by atoms with Gasteiger partial charge in [-0.2, -0.15) is 0 Å². The van der Waals surface area contributed by atoms with E-state index in [2.05, 4.69) is 9.70 Å². The molecule has 7 heavy (non-hydrogen) atoms. The third-order valence-electron chi connectivity index (χ3n) is 0.799. The molecular weight excluding hydrogens is 110 g/mol. The van der Waals surface area contributed by atoms with Crippen LogP contribution in [0.15, 0.2) is 0 Å². The minimum absolute atomic E-state index is 1.13. The third kappa shape index (κ3) is 0.742. The van der Waals surface area contributed by atoms with Gasteiger partial charge < -0.3 is 0 Å². The summed E-state index contributed by atoms with van der Waals surface area (Å²) in [7, 11) is 1.87. The lowest BCUT2D eigenvalue weighted by atomic mass is 10.8. The Morgan fingerprint density at radius 1 is 1.71 bits per heavy atom. The van der Waals surface area contributed by atoms with Crippen LogP contribution in [-0.4, -0.2) is 9.70 Å². The van der Waals surface area contributed by atoms with Crippen molar-refractivity contribution in [3.8, 4) is 0 Å². The van der Waals surface area contributed by atoms with Crippen molar-refractivity contribution in [3.63, 3.8) is 0 Å². The first-order valence-electron chi connectivity index (χ1n) is 1.96. The molecule has 0 aliphatic heterocycles. The van der Waals surface area contributed by atoms with Gasteiger partial charge in [0, 0.05) is 6.92 Å². The van der Waals surface area contributed by atoms with Crippen LogP contribution in [0.3, 0.4) is 0 Å². The Balaban J connectivity index is 3.12. The van der Waals surface area contributed by atoms with Crippen molar-refractivity contribution < 1.29 is 4.68 Å². The van der Waals surface area contributed by atoms with Crippen molar-refractivity contribution in [2.75, 3.05) is 0 Å². The van der Waals surface area contributed by atoms with Gasteiger partial charge in [0.15, 0.2) is 16.7 Å². The van der Waals surface area contributed by atoms with Gasteiger partial charge in [0.05, 0.1) is 0 Å². The maximum atomic E-state index is 3.70. The van der Waals surface area contributed by atoms with Gasteiger partial charge in [-0.15, -0.1) is 4.68 Å². The van der Waals surface area contributed by atoms with E-state index in [0.717, 1.165) is 5.01 Å². The molecule has 1 aromatic rings. The molecule has 1 aromatic heterocycles. The molecule has 1 rings (SSSR count). The first kappa shape index (κ1) is 4.64. The zero-order chi connectivity index (χ0) is 5.28. The van der Waals surface area contributed by atoms with E-state index in [4.69, 9.17) is 0 Å². The topological polar surface area (TPSA) is 29.7 Å². The Hall–Kier alpha value is -0.510. The van der Waals surface area contributed by atoms with Crippen LogP contribution in [0.2, 0.25) is 0 Å². The summed E-state index contributed by atoms with van der Waals surface area (Å²) in [6.45, 7) is 1.98. The molecule has 0 aromatic carbocycles. The highest BCUT2D eigenvalue weighted by Crippen LogP contribution is 1.87. The molecule has 0 saturated heterocycles. The second-order valence-electron chi connectivity index (χ2n) is 1.31. The highest BCUT2D eigenvalue weighted by atomic mass is 32.1. The SMILES string of the molecule is Cc1snn[n+]1C. The molecule has 0 unspecified atom stereocenters. The Labute approximate surface area is 45.7 Å². The fraction of sp³-hybridized carbons (Fsp3) is 0.667. The molecule has 0 spiro atoms. The summed E-state index contributed by atoms with van der Waals surface area (Å²) >= 11 is 1.41. The van der Waals surface area contributed by atoms with E-state index in [-0.39, 0.29) is 0 Å². The van der Waals surface area contributed by atoms with Crippen LogP contribution in [0.4, 0.5) is 0 Å². The van der Waals surface area contributed by atoms with Gasteiger partial charge in [-0.1, -0.05) is 0 Å². The standard InChI is InChI=1S/C3H6N3S/c1-3-6(2)4-5-7-3/h1-2H3/q+1. The highest BCUT2D eigenvalue weighted by Gasteiger charge is 2.00. The Kier molecular flexibility index (Phi) is 1.02. The van der Waals surface area contributed by atoms with E-state index < -0.39 is 0 Å². The van der Waals surface area contributed by atoms with Crippen molar-refractivity contribution >= 4 is 11.5 Å². The van der Waals surface area contributed by atoms with E-state index in [1.807, 2.05) is 14.0 Å². The van der Waals surface area contributed by atoms with Crippen LogP contribution in [-0.2, 0) is 7.05 Å². The van der Waals surface area contributed by atoms with E-state index >= 15 is 0 Å². The molecular formula is C3H6N3S+.